The van der Waals surface area contributed by atoms with E-state index in [1.807, 2.05) is 12.2 Å². The number of halogens is 1. The minimum atomic E-state index is -0.410. The van der Waals surface area contributed by atoms with Crippen LogP contribution in [-0.2, 0) is 0 Å². The molecular weight excluding hydrogens is 202 g/mol. The van der Waals surface area contributed by atoms with E-state index in [1.165, 1.54) is 12.1 Å². The van der Waals surface area contributed by atoms with E-state index in [0.717, 1.165) is 12.0 Å². The fraction of sp³-hybridized carbons (Fsp3) is 0.200. The molecule has 74 valence electrons. The highest BCUT2D eigenvalue weighted by atomic mass is 35.5. The molecule has 0 saturated carbocycles. The maximum absolute atomic E-state index is 10.3. The van der Waals surface area contributed by atoms with Gasteiger partial charge < -0.3 is 0 Å². The van der Waals surface area contributed by atoms with Gasteiger partial charge in [0.05, 0.1) is 4.92 Å². The van der Waals surface area contributed by atoms with Crippen molar-refractivity contribution in [3.63, 3.8) is 0 Å². The molecule has 0 heterocycles. The highest BCUT2D eigenvalue weighted by Gasteiger charge is 2.01. The molecule has 0 atom stereocenters. The van der Waals surface area contributed by atoms with Gasteiger partial charge >= 0.3 is 0 Å². The first-order valence-electron chi connectivity index (χ1n) is 4.21. The number of benzene rings is 1. The molecule has 0 saturated heterocycles. The summed E-state index contributed by atoms with van der Waals surface area (Å²) in [6, 6.07) is 6.40. The molecule has 0 aromatic heterocycles. The predicted molar refractivity (Wildman–Crippen MR) is 57.5 cm³/mol. The van der Waals surface area contributed by atoms with Crippen molar-refractivity contribution in [2.24, 2.45) is 0 Å². The zero-order chi connectivity index (χ0) is 10.4. The first kappa shape index (κ1) is 10.7. The second-order valence-corrected chi connectivity index (χ2v) is 3.11. The van der Waals surface area contributed by atoms with Gasteiger partial charge in [-0.15, -0.1) is 11.6 Å². The lowest BCUT2D eigenvalue weighted by molar-refractivity contribution is -0.384. The molecule has 4 heteroatoms. The molecule has 0 aliphatic rings. The molecular formula is C10H10ClNO2. The molecule has 0 unspecified atom stereocenters. The average Bonchev–Trinajstić information content (AvgIpc) is 2.19. The van der Waals surface area contributed by atoms with Crippen LogP contribution in [0.3, 0.4) is 0 Å². The zero-order valence-corrected chi connectivity index (χ0v) is 8.28. The molecule has 0 N–H and O–H groups in total. The Morgan fingerprint density at radius 3 is 2.50 bits per heavy atom. The van der Waals surface area contributed by atoms with E-state index in [9.17, 15) is 10.1 Å². The summed E-state index contributed by atoms with van der Waals surface area (Å²) in [5.74, 6) is 0.587. The van der Waals surface area contributed by atoms with Gasteiger partial charge in [-0.2, -0.15) is 0 Å². The molecule has 1 aromatic carbocycles. The summed E-state index contributed by atoms with van der Waals surface area (Å²) in [6.07, 6.45) is 4.64. The first-order valence-corrected chi connectivity index (χ1v) is 4.74. The van der Waals surface area contributed by atoms with Crippen LogP contribution in [0.25, 0.3) is 6.08 Å². The third-order valence-electron chi connectivity index (χ3n) is 1.69. The Labute approximate surface area is 87.2 Å². The van der Waals surface area contributed by atoms with Crippen molar-refractivity contribution < 1.29 is 4.92 Å². The molecule has 0 bridgehead atoms. The van der Waals surface area contributed by atoms with Gasteiger partial charge in [-0.3, -0.25) is 10.1 Å². The number of alkyl halides is 1. The quantitative estimate of drug-likeness (QED) is 0.436. The lowest BCUT2D eigenvalue weighted by Gasteiger charge is -1.93. The van der Waals surface area contributed by atoms with E-state index in [1.54, 1.807) is 12.1 Å². The number of rotatable bonds is 4. The Hall–Kier alpha value is -1.35. The van der Waals surface area contributed by atoms with Gasteiger partial charge in [-0.05, 0) is 24.1 Å². The van der Waals surface area contributed by atoms with Crippen molar-refractivity contribution in [1.82, 2.24) is 0 Å². The number of allylic oxidation sites excluding steroid dienone is 1. The van der Waals surface area contributed by atoms with Gasteiger partial charge in [0.25, 0.3) is 5.69 Å². The number of nitro groups is 1. The van der Waals surface area contributed by atoms with E-state index >= 15 is 0 Å². The number of nitrogens with zero attached hydrogens (tertiary/aromatic N) is 1. The molecule has 1 aromatic rings. The second-order valence-electron chi connectivity index (χ2n) is 2.73. The summed E-state index contributed by atoms with van der Waals surface area (Å²) in [5.41, 5.74) is 1.06. The Morgan fingerprint density at radius 2 is 2.00 bits per heavy atom. The van der Waals surface area contributed by atoms with E-state index in [4.69, 9.17) is 11.6 Å². The summed E-state index contributed by atoms with van der Waals surface area (Å²) in [6.45, 7) is 0. The summed E-state index contributed by atoms with van der Waals surface area (Å²) < 4.78 is 0. The second kappa shape index (κ2) is 5.40. The van der Waals surface area contributed by atoms with Crippen LogP contribution in [0.4, 0.5) is 5.69 Å². The van der Waals surface area contributed by atoms with Gasteiger partial charge in [0.2, 0.25) is 0 Å². The molecule has 0 spiro atoms. The summed E-state index contributed by atoms with van der Waals surface area (Å²) in [5, 5.41) is 10.3. The largest absolute Gasteiger partial charge is 0.269 e. The Balaban J connectivity index is 2.68. The zero-order valence-electron chi connectivity index (χ0n) is 7.52. The maximum Gasteiger partial charge on any atom is 0.269 e. The van der Waals surface area contributed by atoms with Gasteiger partial charge in [0.15, 0.2) is 0 Å². The highest BCUT2D eigenvalue weighted by Crippen LogP contribution is 2.12. The van der Waals surface area contributed by atoms with Crippen molar-refractivity contribution in [1.29, 1.82) is 0 Å². The lowest BCUT2D eigenvalue weighted by Crippen LogP contribution is -1.86. The van der Waals surface area contributed by atoms with Crippen molar-refractivity contribution in [3.8, 4) is 0 Å². The fourth-order valence-electron chi connectivity index (χ4n) is 0.990. The Bertz CT molecular complexity index is 332. The van der Waals surface area contributed by atoms with Crippen molar-refractivity contribution >= 4 is 23.4 Å². The topological polar surface area (TPSA) is 43.1 Å². The molecule has 0 aliphatic heterocycles. The van der Waals surface area contributed by atoms with Crippen LogP contribution in [0.5, 0.6) is 0 Å². The number of hydrogen-bond donors (Lipinski definition) is 0. The van der Waals surface area contributed by atoms with E-state index in [-0.39, 0.29) is 5.69 Å². The third kappa shape index (κ3) is 3.18. The molecule has 0 radical (unpaired) electrons. The molecule has 1 rings (SSSR count). The van der Waals surface area contributed by atoms with Gasteiger partial charge in [0.1, 0.15) is 0 Å². The number of hydrogen-bond acceptors (Lipinski definition) is 2. The summed E-state index contributed by atoms with van der Waals surface area (Å²) >= 11 is 5.49. The highest BCUT2D eigenvalue weighted by molar-refractivity contribution is 6.17. The maximum atomic E-state index is 10.3. The molecule has 0 aliphatic carbocycles. The Morgan fingerprint density at radius 1 is 1.36 bits per heavy atom. The minimum Gasteiger partial charge on any atom is -0.258 e. The number of non-ortho nitro benzene ring substituents is 1. The van der Waals surface area contributed by atoms with Crippen molar-refractivity contribution in [2.75, 3.05) is 5.88 Å². The third-order valence-corrected chi connectivity index (χ3v) is 1.91. The minimum absolute atomic E-state index is 0.111. The average molecular weight is 212 g/mol. The SMILES string of the molecule is O=[N+]([O-])c1ccc(C=CCCCl)cc1. The molecule has 0 amide bonds. The lowest BCUT2D eigenvalue weighted by atomic mass is 10.2. The normalized spacial score (nSPS) is 10.6. The van der Waals surface area contributed by atoms with E-state index in [0.29, 0.717) is 5.88 Å². The van der Waals surface area contributed by atoms with Crippen LogP contribution in [-0.4, -0.2) is 10.8 Å². The van der Waals surface area contributed by atoms with Gasteiger partial charge in [-0.1, -0.05) is 12.2 Å². The van der Waals surface area contributed by atoms with Crippen LogP contribution in [0, 0.1) is 10.1 Å². The molecule has 14 heavy (non-hydrogen) atoms. The number of nitro benzene ring substituents is 1. The van der Waals surface area contributed by atoms with E-state index in [2.05, 4.69) is 0 Å². The van der Waals surface area contributed by atoms with Crippen LogP contribution < -0.4 is 0 Å². The van der Waals surface area contributed by atoms with Gasteiger partial charge in [0, 0.05) is 18.0 Å². The smallest absolute Gasteiger partial charge is 0.258 e. The monoisotopic (exact) mass is 211 g/mol. The Kier molecular flexibility index (Phi) is 4.13. The van der Waals surface area contributed by atoms with Crippen molar-refractivity contribution in [3.05, 3.63) is 46.0 Å². The molecule has 3 nitrogen and oxygen atoms in total. The van der Waals surface area contributed by atoms with Gasteiger partial charge in [-0.25, -0.2) is 0 Å². The summed E-state index contributed by atoms with van der Waals surface area (Å²) in [4.78, 5) is 9.93. The summed E-state index contributed by atoms with van der Waals surface area (Å²) in [7, 11) is 0. The van der Waals surface area contributed by atoms with E-state index < -0.39 is 4.92 Å². The van der Waals surface area contributed by atoms with Crippen LogP contribution >= 0.6 is 11.6 Å². The molecule has 0 fully saturated rings. The predicted octanol–water partition coefficient (Wildman–Crippen LogP) is 3.24. The standard InChI is InChI=1S/C10H10ClNO2/c11-8-2-1-3-9-4-6-10(7-5-9)12(13)14/h1,3-7H,2,8H2. The van der Waals surface area contributed by atoms with Crippen LogP contribution in [0.1, 0.15) is 12.0 Å². The fourth-order valence-corrected chi connectivity index (χ4v) is 1.12. The van der Waals surface area contributed by atoms with Crippen molar-refractivity contribution in [2.45, 2.75) is 6.42 Å². The van der Waals surface area contributed by atoms with Crippen LogP contribution in [0.15, 0.2) is 30.3 Å². The first-order chi connectivity index (χ1) is 6.74. The van der Waals surface area contributed by atoms with Crippen LogP contribution in [0.2, 0.25) is 0 Å².